The summed E-state index contributed by atoms with van der Waals surface area (Å²) in [6.07, 6.45) is 11.4. The van der Waals surface area contributed by atoms with Crippen LogP contribution in [0.3, 0.4) is 0 Å². The van der Waals surface area contributed by atoms with E-state index in [1.807, 2.05) is 0 Å². The van der Waals surface area contributed by atoms with Gasteiger partial charge in [0.2, 0.25) is 0 Å². The predicted octanol–water partition coefficient (Wildman–Crippen LogP) is 4.19. The van der Waals surface area contributed by atoms with Gasteiger partial charge in [-0.1, -0.05) is 51.4 Å². The molecule has 0 aromatic carbocycles. The van der Waals surface area contributed by atoms with Crippen molar-refractivity contribution in [2.75, 3.05) is 0 Å². The summed E-state index contributed by atoms with van der Waals surface area (Å²) in [6, 6.07) is 0. The minimum atomic E-state index is -4.00. The summed E-state index contributed by atoms with van der Waals surface area (Å²) in [5.74, 6) is -0.302. The van der Waals surface area contributed by atoms with Crippen LogP contribution in [0.15, 0.2) is 9.81 Å². The Morgan fingerprint density at radius 3 is 1.17 bits per heavy atom. The Hall–Kier alpha value is -0.400. The third kappa shape index (κ3) is 3.66. The van der Waals surface area contributed by atoms with Gasteiger partial charge in [-0.2, -0.15) is 0 Å². The van der Waals surface area contributed by atoms with Crippen molar-refractivity contribution in [2.24, 2.45) is 11.8 Å². The van der Waals surface area contributed by atoms with Gasteiger partial charge in [-0.15, -0.1) is 0 Å². The molecule has 3 rings (SSSR count). The van der Waals surface area contributed by atoms with E-state index in [4.69, 9.17) is 0 Å². The molecular formula is C16H26NO4S2-. The summed E-state index contributed by atoms with van der Waals surface area (Å²) in [6.45, 7) is 0. The second-order valence-corrected chi connectivity index (χ2v) is 10.5. The van der Waals surface area contributed by atoms with Gasteiger partial charge in [-0.05, 0) is 37.5 Å². The Morgan fingerprint density at radius 2 is 0.870 bits per heavy atom. The van der Waals surface area contributed by atoms with Crippen molar-refractivity contribution in [1.82, 2.24) is 0 Å². The Bertz CT molecular complexity index is 605. The molecule has 0 aromatic heterocycles. The van der Waals surface area contributed by atoms with Crippen LogP contribution in [0, 0.1) is 11.8 Å². The molecule has 2 aliphatic carbocycles. The summed E-state index contributed by atoms with van der Waals surface area (Å²) in [4.78, 5) is 0.345. The number of hydrogen-bond acceptors (Lipinski definition) is 4. The molecule has 0 bridgehead atoms. The molecule has 0 atom stereocenters. The molecule has 132 valence electrons. The first-order valence-electron chi connectivity index (χ1n) is 8.90. The molecule has 3 aliphatic rings. The summed E-state index contributed by atoms with van der Waals surface area (Å²) < 4.78 is 53.4. The highest BCUT2D eigenvalue weighted by Gasteiger charge is 2.39. The lowest BCUT2D eigenvalue weighted by Crippen LogP contribution is -2.15. The maximum Gasteiger partial charge on any atom is 0.109 e. The van der Waals surface area contributed by atoms with E-state index in [1.165, 1.54) is 0 Å². The van der Waals surface area contributed by atoms with E-state index < -0.39 is 20.0 Å². The molecule has 0 amide bonds. The highest BCUT2D eigenvalue weighted by Crippen LogP contribution is 2.48. The molecule has 2 saturated carbocycles. The zero-order chi connectivity index (χ0) is 16.5. The first kappa shape index (κ1) is 17.4. The molecule has 0 unspecified atom stereocenters. The SMILES string of the molecule is O=S1(=O)[N-]S(=O)(=O)C(C2CCCCCC2)=C1C1CCCCCC1. The fourth-order valence-corrected chi connectivity index (χ4v) is 8.83. The molecule has 7 heteroatoms. The van der Waals surface area contributed by atoms with Crippen LogP contribution in [0.5, 0.6) is 0 Å². The molecule has 0 saturated heterocycles. The third-order valence-electron chi connectivity index (χ3n) is 5.45. The van der Waals surface area contributed by atoms with Crippen LogP contribution in [0.2, 0.25) is 0 Å². The number of rotatable bonds is 2. The molecule has 5 nitrogen and oxygen atoms in total. The molecule has 1 aliphatic heterocycles. The maximum atomic E-state index is 12.5. The van der Waals surface area contributed by atoms with Crippen molar-refractivity contribution in [3.8, 4) is 0 Å². The number of nitrogens with zero attached hydrogens (tertiary/aromatic N) is 1. The van der Waals surface area contributed by atoms with Gasteiger partial charge in [0, 0.05) is 9.81 Å². The number of sulfonamides is 2. The van der Waals surface area contributed by atoms with Gasteiger partial charge in [-0.25, -0.2) is 16.8 Å². The number of hydrogen-bond donors (Lipinski definition) is 0. The third-order valence-corrected chi connectivity index (χ3v) is 9.36. The fraction of sp³-hybridized carbons (Fsp3) is 0.875. The van der Waals surface area contributed by atoms with Gasteiger partial charge in [0.05, 0.1) is 0 Å². The van der Waals surface area contributed by atoms with Gasteiger partial charge >= 0.3 is 0 Å². The van der Waals surface area contributed by atoms with Crippen molar-refractivity contribution < 1.29 is 16.8 Å². The topological polar surface area (TPSA) is 82.4 Å². The van der Waals surface area contributed by atoms with Crippen molar-refractivity contribution in [1.29, 1.82) is 0 Å². The Kier molecular flexibility index (Phi) is 5.18. The lowest BCUT2D eigenvalue weighted by molar-refractivity contribution is 0.504. The average Bonchev–Trinajstić information content (AvgIpc) is 2.78. The van der Waals surface area contributed by atoms with Crippen LogP contribution < -0.4 is 0 Å². The van der Waals surface area contributed by atoms with E-state index in [-0.39, 0.29) is 21.6 Å². The maximum absolute atomic E-state index is 12.5. The van der Waals surface area contributed by atoms with Crippen molar-refractivity contribution >= 4 is 20.0 Å². The molecule has 2 fully saturated rings. The minimum absolute atomic E-state index is 0.151. The highest BCUT2D eigenvalue weighted by atomic mass is 32.3. The van der Waals surface area contributed by atoms with E-state index in [2.05, 4.69) is 4.13 Å². The van der Waals surface area contributed by atoms with Gasteiger partial charge in [-0.3, -0.25) is 0 Å². The second kappa shape index (κ2) is 6.84. The van der Waals surface area contributed by atoms with Gasteiger partial charge < -0.3 is 4.13 Å². The summed E-state index contributed by atoms with van der Waals surface area (Å²) >= 11 is 0. The standard InChI is InChI=1S/C16H26NO4S2/c18-22(19)15(13-9-5-1-2-6-10-13)16(23(20,21)17-22)14-11-7-3-4-8-12-14/h13-14H,1-12H2/q-1. The van der Waals surface area contributed by atoms with Gasteiger partial charge in [0.25, 0.3) is 0 Å². The van der Waals surface area contributed by atoms with Gasteiger partial charge in [0.15, 0.2) is 0 Å². The Balaban J connectivity index is 2.07. The molecule has 0 spiro atoms. The van der Waals surface area contributed by atoms with E-state index in [0.717, 1.165) is 77.0 Å². The van der Waals surface area contributed by atoms with Crippen molar-refractivity contribution in [3.05, 3.63) is 13.9 Å². The van der Waals surface area contributed by atoms with Crippen molar-refractivity contribution in [2.45, 2.75) is 77.0 Å². The van der Waals surface area contributed by atoms with Crippen LogP contribution in [-0.2, 0) is 20.0 Å². The first-order valence-corrected chi connectivity index (χ1v) is 11.8. The zero-order valence-corrected chi connectivity index (χ0v) is 15.2. The fourth-order valence-electron chi connectivity index (χ4n) is 4.37. The van der Waals surface area contributed by atoms with Crippen LogP contribution in [0.4, 0.5) is 0 Å². The minimum Gasteiger partial charge on any atom is -0.428 e. The van der Waals surface area contributed by atoms with Crippen LogP contribution >= 0.6 is 0 Å². The molecule has 0 N–H and O–H groups in total. The number of allylic oxidation sites excluding steroid dienone is 2. The molecule has 1 heterocycles. The zero-order valence-electron chi connectivity index (χ0n) is 13.5. The van der Waals surface area contributed by atoms with Crippen LogP contribution in [0.25, 0.3) is 4.13 Å². The van der Waals surface area contributed by atoms with Crippen molar-refractivity contribution in [3.63, 3.8) is 0 Å². The quantitative estimate of drug-likeness (QED) is 0.691. The normalized spacial score (nSPS) is 30.1. The molecule has 0 aromatic rings. The van der Waals surface area contributed by atoms with Crippen LogP contribution in [-0.4, -0.2) is 16.8 Å². The van der Waals surface area contributed by atoms with E-state index in [0.29, 0.717) is 0 Å². The Morgan fingerprint density at radius 1 is 0.565 bits per heavy atom. The summed E-state index contributed by atoms with van der Waals surface area (Å²) in [5, 5.41) is 0. The predicted molar refractivity (Wildman–Crippen MR) is 90.6 cm³/mol. The monoisotopic (exact) mass is 360 g/mol. The Labute approximate surface area is 140 Å². The molecule has 23 heavy (non-hydrogen) atoms. The smallest absolute Gasteiger partial charge is 0.109 e. The largest absolute Gasteiger partial charge is 0.428 e. The highest BCUT2D eigenvalue weighted by molar-refractivity contribution is 8.18. The van der Waals surface area contributed by atoms with Gasteiger partial charge in [0.1, 0.15) is 20.0 Å². The first-order chi connectivity index (χ1) is 10.9. The van der Waals surface area contributed by atoms with E-state index >= 15 is 0 Å². The second-order valence-electron chi connectivity index (χ2n) is 7.13. The van der Waals surface area contributed by atoms with E-state index in [9.17, 15) is 16.8 Å². The average molecular weight is 361 g/mol. The summed E-state index contributed by atoms with van der Waals surface area (Å²) in [7, 11) is -8.01. The lowest BCUT2D eigenvalue weighted by Gasteiger charge is -2.22. The molecular weight excluding hydrogens is 334 g/mol. The van der Waals surface area contributed by atoms with Crippen LogP contribution in [0.1, 0.15) is 77.0 Å². The lowest BCUT2D eigenvalue weighted by atomic mass is 9.93. The summed E-state index contributed by atoms with van der Waals surface area (Å²) in [5.41, 5.74) is 0. The van der Waals surface area contributed by atoms with E-state index in [1.54, 1.807) is 0 Å². The molecule has 0 radical (unpaired) electrons.